The number of nitriles is 1. The Morgan fingerprint density at radius 2 is 1.90 bits per heavy atom. The average molecular weight is 289 g/mol. The van der Waals surface area contributed by atoms with Crippen molar-refractivity contribution in [3.8, 4) is 6.07 Å². The van der Waals surface area contributed by atoms with Crippen LogP contribution in [0.3, 0.4) is 0 Å². The number of nitrogens with zero attached hydrogens (tertiary/aromatic N) is 1. The maximum atomic E-state index is 11.7. The number of aliphatic carboxylic acids is 1. The number of ether oxygens (including phenoxy) is 1. The number of benzene rings is 1. The number of alkyl carbamates (subject to hydrolysis) is 1. The largest absolute Gasteiger partial charge is 0.550 e. The first-order chi connectivity index (χ1) is 9.71. The molecule has 21 heavy (non-hydrogen) atoms. The van der Waals surface area contributed by atoms with E-state index in [0.717, 1.165) is 0 Å². The Balaban J connectivity index is 2.87. The van der Waals surface area contributed by atoms with Gasteiger partial charge in [0.15, 0.2) is 0 Å². The van der Waals surface area contributed by atoms with Crippen LogP contribution in [0.5, 0.6) is 0 Å². The third-order valence-electron chi connectivity index (χ3n) is 2.50. The Morgan fingerprint density at radius 3 is 2.33 bits per heavy atom. The van der Waals surface area contributed by atoms with Gasteiger partial charge in [0.05, 0.1) is 17.7 Å². The van der Waals surface area contributed by atoms with E-state index in [4.69, 9.17) is 10.00 Å². The summed E-state index contributed by atoms with van der Waals surface area (Å²) in [6.45, 7) is 5.13. The van der Waals surface area contributed by atoms with Crippen molar-refractivity contribution >= 4 is 12.1 Å². The molecule has 0 aromatic heterocycles. The van der Waals surface area contributed by atoms with E-state index in [0.29, 0.717) is 11.1 Å². The lowest BCUT2D eigenvalue weighted by Crippen LogP contribution is -2.37. The quantitative estimate of drug-likeness (QED) is 0.899. The molecule has 0 saturated heterocycles. The number of rotatable bonds is 4. The molecule has 0 unspecified atom stereocenters. The molecule has 0 heterocycles. The van der Waals surface area contributed by atoms with Crippen molar-refractivity contribution in [3.05, 3.63) is 35.4 Å². The van der Waals surface area contributed by atoms with Crippen molar-refractivity contribution in [3.63, 3.8) is 0 Å². The highest BCUT2D eigenvalue weighted by Crippen LogP contribution is 2.18. The number of hydrogen-bond donors (Lipinski definition) is 1. The van der Waals surface area contributed by atoms with Crippen LogP contribution < -0.4 is 10.4 Å². The molecule has 1 amide bonds. The Kier molecular flexibility index (Phi) is 5.30. The normalized spacial score (nSPS) is 12.1. The summed E-state index contributed by atoms with van der Waals surface area (Å²) in [5.74, 6) is -1.29. The lowest BCUT2D eigenvalue weighted by molar-refractivity contribution is -0.306. The van der Waals surface area contributed by atoms with Crippen LogP contribution in [0.25, 0.3) is 0 Å². The molecule has 1 atom stereocenters. The zero-order valence-corrected chi connectivity index (χ0v) is 12.2. The zero-order chi connectivity index (χ0) is 16.0. The monoisotopic (exact) mass is 289 g/mol. The van der Waals surface area contributed by atoms with Gasteiger partial charge in [0.2, 0.25) is 0 Å². The van der Waals surface area contributed by atoms with Crippen molar-refractivity contribution in [2.24, 2.45) is 0 Å². The van der Waals surface area contributed by atoms with Crippen molar-refractivity contribution in [1.82, 2.24) is 5.32 Å². The van der Waals surface area contributed by atoms with E-state index in [1.807, 2.05) is 6.07 Å². The average Bonchev–Trinajstić information content (AvgIpc) is 2.35. The SMILES string of the molecule is CC(C)(C)OC(=O)N[C@H](CC(=O)[O-])c1ccc(C#N)cc1. The van der Waals surface area contributed by atoms with Gasteiger partial charge in [0.1, 0.15) is 5.60 Å². The first-order valence-corrected chi connectivity index (χ1v) is 6.40. The van der Waals surface area contributed by atoms with E-state index in [9.17, 15) is 14.7 Å². The van der Waals surface area contributed by atoms with Crippen LogP contribution in [0.15, 0.2) is 24.3 Å². The Morgan fingerprint density at radius 1 is 1.33 bits per heavy atom. The molecule has 0 saturated carbocycles. The fraction of sp³-hybridized carbons (Fsp3) is 0.400. The summed E-state index contributed by atoms with van der Waals surface area (Å²) in [5, 5.41) is 22.1. The molecule has 6 heteroatoms. The summed E-state index contributed by atoms with van der Waals surface area (Å²) in [6.07, 6.45) is -1.09. The highest BCUT2D eigenvalue weighted by Gasteiger charge is 2.20. The molecule has 1 rings (SSSR count). The minimum Gasteiger partial charge on any atom is -0.550 e. The number of carboxylic acids is 1. The molecular weight excluding hydrogens is 272 g/mol. The smallest absolute Gasteiger partial charge is 0.408 e. The molecule has 1 aromatic carbocycles. The fourth-order valence-corrected chi connectivity index (χ4v) is 1.66. The first kappa shape index (κ1) is 16.5. The minimum atomic E-state index is -1.29. The number of amides is 1. The van der Waals surface area contributed by atoms with Crippen LogP contribution in [0, 0.1) is 11.3 Å². The van der Waals surface area contributed by atoms with E-state index in [1.54, 1.807) is 45.0 Å². The van der Waals surface area contributed by atoms with E-state index in [2.05, 4.69) is 5.32 Å². The van der Waals surface area contributed by atoms with Crippen LogP contribution >= 0.6 is 0 Å². The Labute approximate surface area is 123 Å². The van der Waals surface area contributed by atoms with Gasteiger partial charge in [-0.15, -0.1) is 0 Å². The third kappa shape index (κ3) is 5.95. The third-order valence-corrected chi connectivity index (χ3v) is 2.50. The molecule has 6 nitrogen and oxygen atoms in total. The molecule has 0 aliphatic heterocycles. The van der Waals surface area contributed by atoms with Crippen molar-refractivity contribution in [1.29, 1.82) is 5.26 Å². The van der Waals surface area contributed by atoms with Gasteiger partial charge in [0.25, 0.3) is 0 Å². The lowest BCUT2D eigenvalue weighted by atomic mass is 10.0. The maximum Gasteiger partial charge on any atom is 0.408 e. The summed E-state index contributed by atoms with van der Waals surface area (Å²) in [7, 11) is 0. The van der Waals surface area contributed by atoms with Gasteiger partial charge >= 0.3 is 6.09 Å². The number of carbonyl (C=O) groups is 2. The van der Waals surface area contributed by atoms with E-state index >= 15 is 0 Å². The lowest BCUT2D eigenvalue weighted by Gasteiger charge is -2.24. The molecule has 0 radical (unpaired) electrons. The minimum absolute atomic E-state index is 0.384. The zero-order valence-electron chi connectivity index (χ0n) is 12.2. The number of carboxylic acid groups (broad SMARTS) is 1. The number of nitrogens with one attached hydrogen (secondary N) is 1. The van der Waals surface area contributed by atoms with Gasteiger partial charge < -0.3 is 20.0 Å². The predicted molar refractivity (Wildman–Crippen MR) is 72.9 cm³/mol. The highest BCUT2D eigenvalue weighted by atomic mass is 16.6. The van der Waals surface area contributed by atoms with Gasteiger partial charge in [-0.25, -0.2) is 4.79 Å². The van der Waals surface area contributed by atoms with Gasteiger partial charge in [0, 0.05) is 12.4 Å². The molecular formula is C15H17N2O4-. The molecule has 0 spiro atoms. The standard InChI is InChI=1S/C15H18N2O4/c1-15(2,3)21-14(20)17-12(8-13(18)19)11-6-4-10(9-16)5-7-11/h4-7,12H,8H2,1-3H3,(H,17,20)(H,18,19)/p-1/t12-/m1/s1. The number of hydrogen-bond acceptors (Lipinski definition) is 5. The summed E-state index contributed by atoms with van der Waals surface area (Å²) in [6, 6.07) is 7.46. The molecule has 0 aliphatic rings. The van der Waals surface area contributed by atoms with Gasteiger partial charge in [-0.3, -0.25) is 0 Å². The maximum absolute atomic E-state index is 11.7. The first-order valence-electron chi connectivity index (χ1n) is 6.40. The van der Waals surface area contributed by atoms with Crippen LogP contribution in [-0.4, -0.2) is 17.7 Å². The highest BCUT2D eigenvalue weighted by molar-refractivity contribution is 5.71. The van der Waals surface area contributed by atoms with Gasteiger partial charge in [-0.05, 0) is 38.5 Å². The topological polar surface area (TPSA) is 102 Å². The Hall–Kier alpha value is -2.55. The summed E-state index contributed by atoms with van der Waals surface area (Å²) < 4.78 is 5.10. The molecule has 0 bridgehead atoms. The molecule has 0 aliphatic carbocycles. The summed E-state index contributed by atoms with van der Waals surface area (Å²) >= 11 is 0. The van der Waals surface area contributed by atoms with Crippen molar-refractivity contribution < 1.29 is 19.4 Å². The second-order valence-corrected chi connectivity index (χ2v) is 5.51. The van der Waals surface area contributed by atoms with E-state index in [1.165, 1.54) is 0 Å². The molecule has 1 N–H and O–H groups in total. The second-order valence-electron chi connectivity index (χ2n) is 5.51. The van der Waals surface area contributed by atoms with Crippen LogP contribution in [0.2, 0.25) is 0 Å². The molecule has 1 aromatic rings. The van der Waals surface area contributed by atoms with Crippen molar-refractivity contribution in [2.45, 2.75) is 38.8 Å². The second kappa shape index (κ2) is 6.75. The van der Waals surface area contributed by atoms with Crippen LogP contribution in [0.4, 0.5) is 4.79 Å². The Bertz CT molecular complexity index is 553. The van der Waals surface area contributed by atoms with Crippen molar-refractivity contribution in [2.75, 3.05) is 0 Å². The van der Waals surface area contributed by atoms with Gasteiger partial charge in [-0.1, -0.05) is 12.1 Å². The molecule has 0 fully saturated rings. The van der Waals surface area contributed by atoms with Gasteiger partial charge in [-0.2, -0.15) is 5.26 Å². The van der Waals surface area contributed by atoms with Crippen LogP contribution in [-0.2, 0) is 9.53 Å². The van der Waals surface area contributed by atoms with E-state index < -0.39 is 23.7 Å². The molecule has 112 valence electrons. The summed E-state index contributed by atoms with van der Waals surface area (Å²) in [5.41, 5.74) is 0.327. The fourth-order valence-electron chi connectivity index (χ4n) is 1.66. The van der Waals surface area contributed by atoms with E-state index in [-0.39, 0.29) is 6.42 Å². The predicted octanol–water partition coefficient (Wildman–Crippen LogP) is 1.26. The van der Waals surface area contributed by atoms with Crippen LogP contribution in [0.1, 0.15) is 44.4 Å². The summed E-state index contributed by atoms with van der Waals surface area (Å²) in [4.78, 5) is 22.6. The number of carbonyl (C=O) groups excluding carboxylic acids is 2.